The molecule has 8 heteroatoms. The average Bonchev–Trinajstić information content (AvgIpc) is 3.14. The number of hydrogen-bond donors (Lipinski definition) is 0. The summed E-state index contributed by atoms with van der Waals surface area (Å²) >= 11 is 1.29. The lowest BCUT2D eigenvalue weighted by Gasteiger charge is -2.18. The number of benzene rings is 3. The molecule has 3 aromatic rings. The minimum Gasteiger partial charge on any atom is -0.546 e. The molecule has 1 amide bonds. The first kappa shape index (κ1) is 24.1. The summed E-state index contributed by atoms with van der Waals surface area (Å²) in [6.07, 6.45) is 1.75. The molecule has 0 bridgehead atoms. The van der Waals surface area contributed by atoms with Crippen molar-refractivity contribution in [2.24, 2.45) is 4.99 Å². The van der Waals surface area contributed by atoms with Crippen LogP contribution in [0.4, 0.5) is 11.4 Å². The number of amides is 1. The van der Waals surface area contributed by atoms with E-state index >= 15 is 0 Å². The van der Waals surface area contributed by atoms with Crippen molar-refractivity contribution in [3.8, 4) is 11.5 Å². The van der Waals surface area contributed by atoms with Crippen molar-refractivity contribution in [2.75, 3.05) is 18.6 Å². The van der Waals surface area contributed by atoms with Crippen LogP contribution in [0, 0.1) is 13.8 Å². The summed E-state index contributed by atoms with van der Waals surface area (Å²) in [5.41, 5.74) is 4.21. The number of carboxylic acids is 1. The molecule has 0 aliphatic carbocycles. The number of carbonyl (C=O) groups is 2. The molecule has 3 aromatic carbocycles. The number of methoxy groups -OCH3 is 1. The Hall–Kier alpha value is -4.04. The van der Waals surface area contributed by atoms with Crippen molar-refractivity contribution in [3.63, 3.8) is 0 Å². The molecule has 0 spiro atoms. The van der Waals surface area contributed by atoms with Gasteiger partial charge in [0.2, 0.25) is 0 Å². The highest BCUT2D eigenvalue weighted by molar-refractivity contribution is 8.19. The second kappa shape index (κ2) is 10.5. The van der Waals surface area contributed by atoms with E-state index in [1.807, 2.05) is 62.4 Å². The van der Waals surface area contributed by atoms with Gasteiger partial charge in [-0.2, -0.15) is 0 Å². The molecule has 1 aliphatic heterocycles. The molecule has 1 aliphatic rings. The van der Waals surface area contributed by atoms with Gasteiger partial charge in [0, 0.05) is 0 Å². The number of thioether (sulfide) groups is 1. The van der Waals surface area contributed by atoms with Crippen LogP contribution in [0.5, 0.6) is 11.5 Å². The largest absolute Gasteiger partial charge is 0.546 e. The van der Waals surface area contributed by atoms with Crippen molar-refractivity contribution in [1.29, 1.82) is 0 Å². The minimum atomic E-state index is -1.33. The first-order chi connectivity index (χ1) is 16.9. The summed E-state index contributed by atoms with van der Waals surface area (Å²) < 4.78 is 10.5. The number of aliphatic carboxylic acids is 1. The van der Waals surface area contributed by atoms with Crippen LogP contribution in [0.2, 0.25) is 0 Å². The molecule has 1 saturated heterocycles. The van der Waals surface area contributed by atoms with Gasteiger partial charge in [-0.25, -0.2) is 4.99 Å². The van der Waals surface area contributed by atoms with E-state index in [1.54, 1.807) is 29.2 Å². The number of carbonyl (C=O) groups excluding carboxylic acids is 2. The zero-order valence-corrected chi connectivity index (χ0v) is 20.3. The Morgan fingerprint density at radius 3 is 2.43 bits per heavy atom. The Labute approximate surface area is 207 Å². The van der Waals surface area contributed by atoms with E-state index in [0.717, 1.165) is 22.5 Å². The molecular formula is C27H23N2O5S-. The van der Waals surface area contributed by atoms with Crippen LogP contribution in [0.25, 0.3) is 6.08 Å². The Kier molecular flexibility index (Phi) is 7.22. The summed E-state index contributed by atoms with van der Waals surface area (Å²) in [4.78, 5) is 31.2. The van der Waals surface area contributed by atoms with Gasteiger partial charge in [-0.1, -0.05) is 42.5 Å². The van der Waals surface area contributed by atoms with Crippen molar-refractivity contribution in [1.82, 2.24) is 0 Å². The third-order valence-corrected chi connectivity index (χ3v) is 6.29. The van der Waals surface area contributed by atoms with Gasteiger partial charge < -0.3 is 19.4 Å². The van der Waals surface area contributed by atoms with Gasteiger partial charge in [0.05, 0.1) is 29.4 Å². The van der Waals surface area contributed by atoms with E-state index in [1.165, 1.54) is 18.9 Å². The molecule has 4 rings (SSSR count). The summed E-state index contributed by atoms with van der Waals surface area (Å²) in [5.74, 6) is -0.899. The topological polar surface area (TPSA) is 91.3 Å². The van der Waals surface area contributed by atoms with Gasteiger partial charge in [-0.3, -0.25) is 9.69 Å². The molecule has 0 atom stereocenters. The number of aryl methyl sites for hydroxylation is 2. The van der Waals surface area contributed by atoms with E-state index in [4.69, 9.17) is 14.5 Å². The normalized spacial score (nSPS) is 15.6. The predicted molar refractivity (Wildman–Crippen MR) is 136 cm³/mol. The number of anilines is 1. The number of para-hydroxylation sites is 2. The fourth-order valence-electron chi connectivity index (χ4n) is 3.55. The van der Waals surface area contributed by atoms with Gasteiger partial charge in [0.25, 0.3) is 5.91 Å². The van der Waals surface area contributed by atoms with E-state index < -0.39 is 12.6 Å². The zero-order chi connectivity index (χ0) is 24.9. The molecule has 0 unspecified atom stereocenters. The molecule has 0 N–H and O–H groups in total. The summed E-state index contributed by atoms with van der Waals surface area (Å²) in [5, 5.41) is 11.3. The number of carboxylic acid groups (broad SMARTS) is 1. The first-order valence-electron chi connectivity index (χ1n) is 10.8. The Bertz CT molecular complexity index is 1350. The highest BCUT2D eigenvalue weighted by Gasteiger charge is 2.35. The van der Waals surface area contributed by atoms with Crippen LogP contribution >= 0.6 is 11.8 Å². The van der Waals surface area contributed by atoms with Crippen molar-refractivity contribution >= 4 is 46.3 Å². The van der Waals surface area contributed by atoms with Crippen molar-refractivity contribution < 1.29 is 24.2 Å². The van der Waals surface area contributed by atoms with Crippen molar-refractivity contribution in [3.05, 3.63) is 88.3 Å². The Balaban J connectivity index is 1.74. The lowest BCUT2D eigenvalue weighted by Crippen LogP contribution is -2.29. The van der Waals surface area contributed by atoms with Gasteiger partial charge in [-0.15, -0.1) is 0 Å². The summed E-state index contributed by atoms with van der Waals surface area (Å²) in [6.45, 7) is 3.35. The minimum absolute atomic E-state index is 0.187. The quantitative estimate of drug-likeness (QED) is 0.463. The van der Waals surface area contributed by atoms with Gasteiger partial charge >= 0.3 is 0 Å². The van der Waals surface area contributed by atoms with Gasteiger partial charge in [-0.05, 0) is 72.6 Å². The Morgan fingerprint density at radius 1 is 1.03 bits per heavy atom. The number of nitrogens with zero attached hydrogens (tertiary/aromatic N) is 2. The smallest absolute Gasteiger partial charge is 0.271 e. The molecule has 7 nitrogen and oxygen atoms in total. The van der Waals surface area contributed by atoms with E-state index in [0.29, 0.717) is 21.4 Å². The molecule has 0 aromatic heterocycles. The molecule has 35 heavy (non-hydrogen) atoms. The van der Waals surface area contributed by atoms with Crippen LogP contribution in [0.3, 0.4) is 0 Å². The molecular weight excluding hydrogens is 464 g/mol. The number of hydrogen-bond acceptors (Lipinski definition) is 7. The average molecular weight is 488 g/mol. The van der Waals surface area contributed by atoms with Crippen LogP contribution in [0.1, 0.15) is 16.7 Å². The molecule has 0 radical (unpaired) electrons. The molecule has 1 heterocycles. The lowest BCUT2D eigenvalue weighted by atomic mass is 10.1. The van der Waals surface area contributed by atoms with Crippen LogP contribution in [-0.4, -0.2) is 30.8 Å². The summed E-state index contributed by atoms with van der Waals surface area (Å²) in [7, 11) is 1.46. The predicted octanol–water partition coefficient (Wildman–Crippen LogP) is 4.25. The number of ether oxygens (including phenoxy) is 2. The van der Waals surface area contributed by atoms with Crippen molar-refractivity contribution in [2.45, 2.75) is 13.8 Å². The molecule has 178 valence electrons. The maximum atomic E-state index is 13.6. The number of amidine groups is 1. The van der Waals surface area contributed by atoms with Gasteiger partial charge in [0.1, 0.15) is 6.61 Å². The van der Waals surface area contributed by atoms with Crippen LogP contribution in [-0.2, 0) is 9.59 Å². The number of aliphatic imine (C=N–C) groups is 1. The molecule has 1 fully saturated rings. The maximum absolute atomic E-state index is 13.6. The highest BCUT2D eigenvalue weighted by atomic mass is 32.2. The zero-order valence-electron chi connectivity index (χ0n) is 19.5. The van der Waals surface area contributed by atoms with E-state index in [2.05, 4.69) is 0 Å². The first-order valence-corrected chi connectivity index (χ1v) is 11.6. The fourth-order valence-corrected chi connectivity index (χ4v) is 4.54. The summed E-state index contributed by atoms with van der Waals surface area (Å²) in [6, 6.07) is 20.4. The highest BCUT2D eigenvalue weighted by Crippen LogP contribution is 2.39. The van der Waals surface area contributed by atoms with Crippen LogP contribution in [0.15, 0.2) is 76.6 Å². The second-order valence-corrected chi connectivity index (χ2v) is 8.80. The standard InChI is InChI=1S/C27H24N2O5S/c1-17-8-4-6-10-20(17)28-27-29(21-11-7-5-9-18(21)2)26(32)24(35-27)15-19-12-13-22(23(14-19)33-3)34-16-25(30)31/h4-15H,16H2,1-3H3,(H,30,31)/p-1. The van der Waals surface area contributed by atoms with E-state index in [9.17, 15) is 14.7 Å². The monoisotopic (exact) mass is 487 g/mol. The van der Waals surface area contributed by atoms with Crippen LogP contribution < -0.4 is 19.5 Å². The maximum Gasteiger partial charge on any atom is 0.271 e. The Morgan fingerprint density at radius 2 is 1.74 bits per heavy atom. The SMILES string of the molecule is COc1cc(C=C2SC(=Nc3ccccc3C)N(c3ccccc3C)C2=O)ccc1OCC(=O)[O-]. The van der Waals surface area contributed by atoms with Gasteiger partial charge in [0.15, 0.2) is 16.7 Å². The second-order valence-electron chi connectivity index (χ2n) is 7.79. The third-order valence-electron chi connectivity index (χ3n) is 5.33. The fraction of sp³-hybridized carbons (Fsp3) is 0.148. The lowest BCUT2D eigenvalue weighted by molar-refractivity contribution is -0.307. The molecule has 0 saturated carbocycles. The third kappa shape index (κ3) is 5.38. The number of rotatable bonds is 7. The van der Waals surface area contributed by atoms with E-state index in [-0.39, 0.29) is 11.7 Å².